The molecule has 4 aromatic heterocycles. The third-order valence-electron chi connectivity index (χ3n) is 18.4. The maximum Gasteiger partial charge on any atom is 0.161 e. The molecule has 10 aromatic carbocycles. The second kappa shape index (κ2) is 20.0. The van der Waals surface area contributed by atoms with Gasteiger partial charge >= 0.3 is 0 Å². The number of aromatic nitrogens is 6. The molecule has 88 heavy (non-hydrogen) atoms. The van der Waals surface area contributed by atoms with Crippen molar-refractivity contribution in [3.05, 3.63) is 320 Å². The van der Waals surface area contributed by atoms with Gasteiger partial charge in [0.15, 0.2) is 11.6 Å². The Morgan fingerprint density at radius 2 is 0.716 bits per heavy atom. The number of pyridine rings is 2. The Morgan fingerprint density at radius 3 is 1.27 bits per heavy atom. The summed E-state index contributed by atoms with van der Waals surface area (Å²) in [5.41, 5.74) is 23.5. The quantitative estimate of drug-likeness (QED) is 0.134. The van der Waals surface area contributed by atoms with Crippen LogP contribution in [0.3, 0.4) is 0 Å². The summed E-state index contributed by atoms with van der Waals surface area (Å²) in [5.74, 6) is 1.88. The van der Waals surface area contributed by atoms with Gasteiger partial charge in [0.2, 0.25) is 0 Å². The van der Waals surface area contributed by atoms with Gasteiger partial charge in [-0.3, -0.25) is 9.97 Å². The molecule has 14 aromatic rings. The van der Waals surface area contributed by atoms with E-state index in [1.54, 1.807) is 0 Å². The van der Waals surface area contributed by atoms with Gasteiger partial charge in [0, 0.05) is 68.4 Å². The molecule has 2 atom stereocenters. The SMILES string of the molecule is C1=CC2=CC=C3C=CC(c4nc(-c5ccc(-c6ccc(-c7cc(-c8ccc(-c9ccc%10ncccc%10c9)cc8)nc(-c8ccc9ccc%10cccc%11ccc8c9c%10%11)n7)cc6)cc5)cc(-c5ccc(-c6ccc7ncccc7c6)cc5)n4)=C4C=CC(=C1)C2C34. The van der Waals surface area contributed by atoms with Gasteiger partial charge < -0.3 is 0 Å². The zero-order valence-electron chi connectivity index (χ0n) is 47.6. The number of hydrogen-bond acceptors (Lipinski definition) is 6. The smallest absolute Gasteiger partial charge is 0.161 e. The van der Waals surface area contributed by atoms with E-state index in [4.69, 9.17) is 19.9 Å². The second-order valence-corrected chi connectivity index (χ2v) is 23.4. The lowest BCUT2D eigenvalue weighted by molar-refractivity contribution is 0.565. The van der Waals surface area contributed by atoms with E-state index in [-0.39, 0.29) is 11.8 Å². The third-order valence-corrected chi connectivity index (χ3v) is 18.4. The number of nitrogens with zero attached hydrogens (tertiary/aromatic N) is 6. The molecule has 6 nitrogen and oxygen atoms in total. The van der Waals surface area contributed by atoms with Gasteiger partial charge in [0.25, 0.3) is 0 Å². The maximum atomic E-state index is 5.44. The fraction of sp³-hybridized carbons (Fsp3) is 0.0244. The van der Waals surface area contributed by atoms with Crippen molar-refractivity contribution in [3.8, 4) is 89.8 Å². The molecule has 18 rings (SSSR count). The first kappa shape index (κ1) is 49.8. The van der Waals surface area contributed by atoms with Crippen LogP contribution in [0.5, 0.6) is 0 Å². The van der Waals surface area contributed by atoms with Crippen LogP contribution in [0.25, 0.3) is 149 Å². The highest BCUT2D eigenvalue weighted by Gasteiger charge is 2.39. The fourth-order valence-electron chi connectivity index (χ4n) is 13.9. The van der Waals surface area contributed by atoms with Crippen molar-refractivity contribution in [1.82, 2.24) is 29.9 Å². The number of rotatable bonds is 9. The van der Waals surface area contributed by atoms with Crippen LogP contribution in [-0.4, -0.2) is 29.9 Å². The van der Waals surface area contributed by atoms with Crippen LogP contribution < -0.4 is 0 Å². The molecule has 0 bridgehead atoms. The predicted octanol–water partition coefficient (Wildman–Crippen LogP) is 20.1. The molecular weight excluding hydrogens is 1070 g/mol. The Bertz CT molecular complexity index is 5450. The van der Waals surface area contributed by atoms with E-state index in [1.807, 2.05) is 24.5 Å². The number of hydrogen-bond donors (Lipinski definition) is 0. The first-order chi connectivity index (χ1) is 43.5. The van der Waals surface area contributed by atoms with Gasteiger partial charge in [-0.05, 0) is 143 Å². The van der Waals surface area contributed by atoms with Crippen molar-refractivity contribution in [2.75, 3.05) is 0 Å². The standard InChI is InChI=1S/C82H50N6/c1-5-57-27-29-61-33-39-69(67-37-31-59(7-1)77(57)79(61)67)81-85-73(47-75(87-81)55-23-15-51(16-24-55)63-35-41-71-65(45-63)9-3-43-83-71)53-19-11-49(12-20-53)50-13-21-54(22-14-50)74-48-76(56-25-17-52(18-26-56)64-36-42-72-66(46-64)10-4-44-84-72)88-82(86-74)70-40-34-62-30-28-58-6-2-8-60-32-38-68(70)80(62)78(58)60/h1-48,77,79H. The topological polar surface area (TPSA) is 77.3 Å². The van der Waals surface area contributed by atoms with E-state index in [9.17, 15) is 0 Å². The van der Waals surface area contributed by atoms with Crippen molar-refractivity contribution in [2.24, 2.45) is 11.8 Å². The van der Waals surface area contributed by atoms with Gasteiger partial charge in [-0.25, -0.2) is 19.9 Å². The van der Waals surface area contributed by atoms with E-state index in [1.165, 1.54) is 49.2 Å². The Hall–Kier alpha value is -11.6. The summed E-state index contributed by atoms with van der Waals surface area (Å²) in [4.78, 5) is 30.8. The largest absolute Gasteiger partial charge is 0.256 e. The number of benzene rings is 10. The molecule has 0 radical (unpaired) electrons. The monoisotopic (exact) mass is 1120 g/mol. The summed E-state index contributed by atoms with van der Waals surface area (Å²) in [6.07, 6.45) is 24.0. The highest BCUT2D eigenvalue weighted by atomic mass is 14.9. The lowest BCUT2D eigenvalue weighted by atomic mass is 9.63. The molecule has 6 heteroatoms. The molecule has 4 heterocycles. The van der Waals surface area contributed by atoms with Crippen molar-refractivity contribution < 1.29 is 0 Å². The lowest BCUT2D eigenvalue weighted by Gasteiger charge is -2.40. The van der Waals surface area contributed by atoms with Crippen molar-refractivity contribution in [3.63, 3.8) is 0 Å². The first-order valence-electron chi connectivity index (χ1n) is 30.0. The van der Waals surface area contributed by atoms with Crippen molar-refractivity contribution in [2.45, 2.75) is 0 Å². The van der Waals surface area contributed by atoms with Crippen LogP contribution in [0.4, 0.5) is 0 Å². The van der Waals surface area contributed by atoms with Crippen LogP contribution in [-0.2, 0) is 0 Å². The van der Waals surface area contributed by atoms with E-state index in [0.29, 0.717) is 11.6 Å². The zero-order chi connectivity index (χ0) is 57.8. The summed E-state index contributed by atoms with van der Waals surface area (Å²) in [5, 5.41) is 9.53. The number of allylic oxidation sites excluding steroid dienone is 14. The molecule has 0 aliphatic heterocycles. The highest BCUT2D eigenvalue weighted by molar-refractivity contribution is 6.25. The lowest BCUT2D eigenvalue weighted by Crippen LogP contribution is -2.29. The van der Waals surface area contributed by atoms with Crippen molar-refractivity contribution >= 4 is 59.7 Å². The highest BCUT2D eigenvalue weighted by Crippen LogP contribution is 2.51. The Labute approximate surface area is 508 Å². The molecule has 0 fully saturated rings. The van der Waals surface area contributed by atoms with Crippen LogP contribution >= 0.6 is 0 Å². The summed E-state index contributed by atoms with van der Waals surface area (Å²) < 4.78 is 0. The molecule has 408 valence electrons. The molecule has 0 N–H and O–H groups in total. The van der Waals surface area contributed by atoms with Crippen molar-refractivity contribution in [1.29, 1.82) is 0 Å². The number of fused-ring (bicyclic) bond motifs is 2. The summed E-state index contributed by atoms with van der Waals surface area (Å²) in [6, 6.07) is 80.3. The first-order valence-corrected chi connectivity index (χ1v) is 30.0. The van der Waals surface area contributed by atoms with E-state index >= 15 is 0 Å². The second-order valence-electron chi connectivity index (χ2n) is 23.4. The molecular formula is C82H50N6. The van der Waals surface area contributed by atoms with Gasteiger partial charge in [0.1, 0.15) is 0 Å². The molecule has 0 saturated heterocycles. The van der Waals surface area contributed by atoms with E-state index in [0.717, 1.165) is 117 Å². The molecule has 2 unspecified atom stereocenters. The molecule has 0 amide bonds. The fourth-order valence-corrected chi connectivity index (χ4v) is 13.9. The summed E-state index contributed by atoms with van der Waals surface area (Å²) in [7, 11) is 0. The van der Waals surface area contributed by atoms with Crippen LogP contribution in [0.2, 0.25) is 0 Å². The minimum atomic E-state index is 0.203. The van der Waals surface area contributed by atoms with Gasteiger partial charge in [-0.1, -0.05) is 225 Å². The van der Waals surface area contributed by atoms with Crippen LogP contribution in [0, 0.1) is 11.8 Å². The Morgan fingerprint density at radius 1 is 0.284 bits per heavy atom. The molecule has 0 saturated carbocycles. The maximum absolute atomic E-state index is 5.44. The van der Waals surface area contributed by atoms with Gasteiger partial charge in [0.05, 0.1) is 33.8 Å². The molecule has 4 aliphatic rings. The molecule has 0 spiro atoms. The summed E-state index contributed by atoms with van der Waals surface area (Å²) in [6.45, 7) is 0. The Kier molecular flexibility index (Phi) is 11.3. The molecule has 4 aliphatic carbocycles. The van der Waals surface area contributed by atoms with Crippen LogP contribution in [0.1, 0.15) is 5.82 Å². The van der Waals surface area contributed by atoms with Gasteiger partial charge in [-0.15, -0.1) is 0 Å². The predicted molar refractivity (Wildman–Crippen MR) is 361 cm³/mol. The zero-order valence-corrected chi connectivity index (χ0v) is 47.6. The third kappa shape index (κ3) is 8.40. The minimum Gasteiger partial charge on any atom is -0.256 e. The minimum absolute atomic E-state index is 0.203. The van der Waals surface area contributed by atoms with E-state index in [2.05, 4.69) is 277 Å². The normalized spacial score (nSPS) is 15.8. The van der Waals surface area contributed by atoms with E-state index < -0.39 is 0 Å². The average Bonchev–Trinajstić information content (AvgIpc) is 2.23. The Balaban J connectivity index is 0.702. The average molecular weight is 1120 g/mol. The summed E-state index contributed by atoms with van der Waals surface area (Å²) >= 11 is 0. The van der Waals surface area contributed by atoms with Gasteiger partial charge in [-0.2, -0.15) is 0 Å². The van der Waals surface area contributed by atoms with Crippen LogP contribution in [0.15, 0.2) is 314 Å².